The highest BCUT2D eigenvalue weighted by molar-refractivity contribution is 6.02. The van der Waals surface area contributed by atoms with Crippen LogP contribution in [0.2, 0.25) is 0 Å². The first-order valence-electron chi connectivity index (χ1n) is 11.7. The minimum atomic E-state index is 0.832. The molecule has 0 unspecified atom stereocenters. The Bertz CT molecular complexity index is 1200. The van der Waals surface area contributed by atoms with Crippen molar-refractivity contribution in [1.82, 2.24) is 0 Å². The van der Waals surface area contributed by atoms with Crippen LogP contribution in [0.5, 0.6) is 0 Å². The Morgan fingerprint density at radius 3 is 1.82 bits per heavy atom. The zero-order valence-corrected chi connectivity index (χ0v) is 20.0. The summed E-state index contributed by atoms with van der Waals surface area (Å²) in [5.74, 6) is 1.70. The van der Waals surface area contributed by atoms with Gasteiger partial charge in [0.1, 0.15) is 25.6 Å². The predicted octanol–water partition coefficient (Wildman–Crippen LogP) is 6.92. The van der Waals surface area contributed by atoms with Crippen LogP contribution in [-0.2, 0) is 17.6 Å². The van der Waals surface area contributed by atoms with Crippen molar-refractivity contribution >= 4 is 17.0 Å². The molecule has 0 saturated carbocycles. The van der Waals surface area contributed by atoms with Crippen LogP contribution in [0.3, 0.4) is 0 Å². The van der Waals surface area contributed by atoms with E-state index in [1.54, 1.807) is 0 Å². The van der Waals surface area contributed by atoms with Crippen molar-refractivity contribution in [2.45, 2.75) is 26.7 Å². The average Bonchev–Trinajstić information content (AvgIpc) is 2.87. The Kier molecular flexibility index (Phi) is 7.04. The van der Waals surface area contributed by atoms with Crippen LogP contribution in [0.25, 0.3) is 11.3 Å². The summed E-state index contributed by atoms with van der Waals surface area (Å²) in [5.41, 5.74) is 8.43. The lowest BCUT2D eigenvalue weighted by atomic mass is 9.98. The summed E-state index contributed by atoms with van der Waals surface area (Å²) in [7, 11) is 4.10. The number of hydrogen-bond donors (Lipinski definition) is 0. The molecule has 0 atom stereocenters. The number of rotatable bonds is 5. The first-order chi connectivity index (χ1) is 16.1. The molecule has 0 bridgehead atoms. The highest BCUT2D eigenvalue weighted by Gasteiger charge is 2.14. The second-order valence-corrected chi connectivity index (χ2v) is 8.53. The average molecular weight is 435 g/mol. The maximum Gasteiger partial charge on any atom is 0.199 e. The molecule has 1 aliphatic carbocycles. The zero-order valence-electron chi connectivity index (χ0n) is 20.0. The van der Waals surface area contributed by atoms with Gasteiger partial charge in [-0.25, -0.2) is 4.58 Å². The molecule has 1 heterocycles. The van der Waals surface area contributed by atoms with Gasteiger partial charge in [-0.05, 0) is 71.1 Å². The van der Waals surface area contributed by atoms with E-state index in [1.807, 2.05) is 0 Å². The summed E-state index contributed by atoms with van der Waals surface area (Å²) in [6.07, 6.45) is 19.0. The van der Waals surface area contributed by atoms with Crippen LogP contribution in [0, 0.1) is 0 Å². The predicted molar refractivity (Wildman–Crippen MR) is 140 cm³/mol. The molecule has 0 spiro atoms. The lowest BCUT2D eigenvalue weighted by Gasteiger charge is -2.18. The topological polar surface area (TPSA) is 12.2 Å². The maximum atomic E-state index is 6.33. The Balaban J connectivity index is 1.68. The SMILES string of the molecule is CCc1ccc(C2=CC(=CC=C3C=CC(=[N+](C)C)C=C3)OC(c3ccc(CC)cc3)=C2)cc1. The van der Waals surface area contributed by atoms with Crippen LogP contribution < -0.4 is 0 Å². The summed E-state index contributed by atoms with van der Waals surface area (Å²) in [6.45, 7) is 4.36. The van der Waals surface area contributed by atoms with Crippen LogP contribution in [-0.4, -0.2) is 24.4 Å². The fourth-order valence-electron chi connectivity index (χ4n) is 3.81. The van der Waals surface area contributed by atoms with Gasteiger partial charge in [-0.15, -0.1) is 0 Å². The number of aryl methyl sites for hydroxylation is 2. The minimum Gasteiger partial charge on any atom is -0.457 e. The van der Waals surface area contributed by atoms with Crippen molar-refractivity contribution in [3.8, 4) is 0 Å². The highest BCUT2D eigenvalue weighted by atomic mass is 16.5. The summed E-state index contributed by atoms with van der Waals surface area (Å²) in [6, 6.07) is 17.5. The molecule has 2 aromatic rings. The monoisotopic (exact) mass is 434 g/mol. The van der Waals surface area contributed by atoms with Gasteiger partial charge in [0.25, 0.3) is 0 Å². The Morgan fingerprint density at radius 2 is 1.27 bits per heavy atom. The second-order valence-electron chi connectivity index (χ2n) is 8.53. The molecule has 2 nitrogen and oxygen atoms in total. The fraction of sp³-hybridized carbons (Fsp3) is 0.194. The van der Waals surface area contributed by atoms with Gasteiger partial charge in [0, 0.05) is 17.7 Å². The quantitative estimate of drug-likeness (QED) is 0.466. The van der Waals surface area contributed by atoms with E-state index in [4.69, 9.17) is 4.74 Å². The molecule has 0 aromatic heterocycles. The molecule has 2 heteroatoms. The van der Waals surface area contributed by atoms with Crippen LogP contribution in [0.1, 0.15) is 36.1 Å². The summed E-state index contributed by atoms with van der Waals surface area (Å²) < 4.78 is 8.44. The Hall–Kier alpha value is -3.65. The van der Waals surface area contributed by atoms with E-state index in [2.05, 4.69) is 130 Å². The zero-order chi connectivity index (χ0) is 23.2. The minimum absolute atomic E-state index is 0.832. The molecule has 2 aromatic carbocycles. The standard InChI is InChI=1S/C31H32NO/c1-5-23-7-14-26(15-8-23)28-21-30(20-13-25-11-18-29(19-12-25)32(3)4)33-31(22-28)27-16-9-24(6-2)10-17-27/h7-22H,5-6H2,1-4H3/q+1. The molecule has 2 aliphatic rings. The Labute approximate surface area is 197 Å². The summed E-state index contributed by atoms with van der Waals surface area (Å²) in [5, 5.41) is 0. The van der Waals surface area contributed by atoms with Crippen molar-refractivity contribution < 1.29 is 9.31 Å². The van der Waals surface area contributed by atoms with E-state index < -0.39 is 0 Å². The highest BCUT2D eigenvalue weighted by Crippen LogP contribution is 2.32. The molecule has 1 aliphatic heterocycles. The van der Waals surface area contributed by atoms with Crippen molar-refractivity contribution in [1.29, 1.82) is 0 Å². The first-order valence-corrected chi connectivity index (χ1v) is 11.7. The number of benzene rings is 2. The van der Waals surface area contributed by atoms with E-state index in [9.17, 15) is 0 Å². The van der Waals surface area contributed by atoms with Gasteiger partial charge in [-0.3, -0.25) is 0 Å². The van der Waals surface area contributed by atoms with Crippen molar-refractivity contribution in [3.05, 3.63) is 131 Å². The number of allylic oxidation sites excluding steroid dienone is 10. The third kappa shape index (κ3) is 5.59. The smallest absolute Gasteiger partial charge is 0.199 e. The van der Waals surface area contributed by atoms with E-state index in [0.29, 0.717) is 0 Å². The van der Waals surface area contributed by atoms with Crippen LogP contribution >= 0.6 is 0 Å². The lowest BCUT2D eigenvalue weighted by molar-refractivity contribution is -0.462. The molecule has 0 radical (unpaired) electrons. The van der Waals surface area contributed by atoms with Gasteiger partial charge in [-0.1, -0.05) is 68.5 Å². The third-order valence-electron chi connectivity index (χ3n) is 6.00. The van der Waals surface area contributed by atoms with Gasteiger partial charge >= 0.3 is 0 Å². The van der Waals surface area contributed by atoms with E-state index in [0.717, 1.165) is 41.1 Å². The maximum absolute atomic E-state index is 6.33. The molecule has 0 N–H and O–H groups in total. The molecule has 0 fully saturated rings. The molecular formula is C31H32NO+. The summed E-state index contributed by atoms with van der Waals surface area (Å²) >= 11 is 0. The van der Waals surface area contributed by atoms with Gasteiger partial charge in [0.15, 0.2) is 5.71 Å². The number of hydrogen-bond acceptors (Lipinski definition) is 1. The van der Waals surface area contributed by atoms with Gasteiger partial charge in [0.05, 0.1) is 0 Å². The van der Waals surface area contributed by atoms with E-state index in [-0.39, 0.29) is 0 Å². The second kappa shape index (κ2) is 10.3. The molecule has 166 valence electrons. The van der Waals surface area contributed by atoms with Gasteiger partial charge in [0.2, 0.25) is 0 Å². The van der Waals surface area contributed by atoms with Crippen molar-refractivity contribution in [3.63, 3.8) is 0 Å². The van der Waals surface area contributed by atoms with Gasteiger partial charge in [-0.2, -0.15) is 0 Å². The van der Waals surface area contributed by atoms with Crippen LogP contribution in [0.4, 0.5) is 0 Å². The molecule has 4 rings (SSSR count). The number of nitrogens with zero attached hydrogens (tertiary/aromatic N) is 1. The normalized spacial score (nSPS) is 16.4. The van der Waals surface area contributed by atoms with E-state index in [1.165, 1.54) is 22.4 Å². The largest absolute Gasteiger partial charge is 0.457 e. The molecule has 33 heavy (non-hydrogen) atoms. The lowest BCUT2D eigenvalue weighted by Crippen LogP contribution is -2.09. The van der Waals surface area contributed by atoms with Crippen LogP contribution in [0.15, 0.2) is 108 Å². The van der Waals surface area contributed by atoms with E-state index >= 15 is 0 Å². The summed E-state index contributed by atoms with van der Waals surface area (Å²) in [4.78, 5) is 0. The number of ether oxygens (including phenoxy) is 1. The molecular weight excluding hydrogens is 402 g/mol. The fourth-order valence-corrected chi connectivity index (χ4v) is 3.81. The van der Waals surface area contributed by atoms with Gasteiger partial charge < -0.3 is 4.74 Å². The molecule has 0 saturated heterocycles. The third-order valence-corrected chi connectivity index (χ3v) is 6.00. The van der Waals surface area contributed by atoms with Crippen molar-refractivity contribution in [2.75, 3.05) is 14.1 Å². The Morgan fingerprint density at radius 1 is 0.697 bits per heavy atom. The van der Waals surface area contributed by atoms with Crippen molar-refractivity contribution in [2.24, 2.45) is 0 Å². The first kappa shape index (κ1) is 22.5. The molecule has 0 amide bonds.